The first kappa shape index (κ1) is 17.9. The number of benzene rings is 2. The lowest BCUT2D eigenvalue weighted by molar-refractivity contribution is 0.414. The molecule has 0 aliphatic rings. The Labute approximate surface area is 165 Å². The van der Waals surface area contributed by atoms with Gasteiger partial charge in [0.15, 0.2) is 5.82 Å². The van der Waals surface area contributed by atoms with E-state index in [0.29, 0.717) is 15.3 Å². The molecule has 6 nitrogen and oxygen atoms in total. The number of aromatic nitrogens is 3. The molecule has 2 aromatic heterocycles. The van der Waals surface area contributed by atoms with Crippen molar-refractivity contribution in [2.24, 2.45) is 0 Å². The molecule has 0 saturated carbocycles. The number of rotatable bonds is 5. The maximum Gasteiger partial charge on any atom is 0.291 e. The van der Waals surface area contributed by atoms with Gasteiger partial charge in [0.25, 0.3) is 5.56 Å². The summed E-state index contributed by atoms with van der Waals surface area (Å²) >= 11 is 1.31. The molecule has 2 aromatic carbocycles. The first-order valence-corrected chi connectivity index (χ1v) is 9.35. The Morgan fingerprint density at radius 1 is 0.964 bits per heavy atom. The fourth-order valence-electron chi connectivity index (χ4n) is 2.69. The molecular weight excluding hydrogens is 374 g/mol. The average Bonchev–Trinajstić information content (AvgIpc) is 3.26. The second-order valence-corrected chi connectivity index (χ2v) is 6.97. The summed E-state index contributed by atoms with van der Waals surface area (Å²) in [6.45, 7) is 0. The van der Waals surface area contributed by atoms with Crippen LogP contribution in [0.25, 0.3) is 23.2 Å². The number of hydrogen-bond donors (Lipinski definition) is 0. The van der Waals surface area contributed by atoms with Gasteiger partial charge in [0.05, 0.1) is 18.8 Å². The molecule has 0 radical (unpaired) electrons. The van der Waals surface area contributed by atoms with Crippen LogP contribution in [0, 0.1) is 0 Å². The minimum atomic E-state index is -0.181. The molecule has 7 heteroatoms. The highest BCUT2D eigenvalue weighted by Gasteiger charge is 2.09. The molecule has 0 bridgehead atoms. The lowest BCUT2D eigenvalue weighted by Gasteiger charge is -1.99. The fourth-order valence-corrected chi connectivity index (χ4v) is 3.60. The van der Waals surface area contributed by atoms with Crippen molar-refractivity contribution in [2.75, 3.05) is 14.2 Å². The summed E-state index contributed by atoms with van der Waals surface area (Å²) in [5.74, 6) is 2.03. The van der Waals surface area contributed by atoms with Crippen LogP contribution >= 0.6 is 11.3 Å². The van der Waals surface area contributed by atoms with E-state index < -0.39 is 0 Å². The SMILES string of the molecule is COc1ccc(C=Cc2nc3sc(=Cc4cccc(OC)c4)c(=O)n3n2)cc1. The van der Waals surface area contributed by atoms with Crippen molar-refractivity contribution in [3.63, 3.8) is 0 Å². The highest BCUT2D eigenvalue weighted by Crippen LogP contribution is 2.14. The van der Waals surface area contributed by atoms with Gasteiger partial charge < -0.3 is 9.47 Å². The van der Waals surface area contributed by atoms with Crippen molar-refractivity contribution >= 4 is 34.5 Å². The van der Waals surface area contributed by atoms with Crippen molar-refractivity contribution in [1.82, 2.24) is 14.6 Å². The smallest absolute Gasteiger partial charge is 0.291 e. The number of thiazole rings is 1. The average molecular weight is 391 g/mol. The highest BCUT2D eigenvalue weighted by molar-refractivity contribution is 7.15. The predicted molar refractivity (Wildman–Crippen MR) is 111 cm³/mol. The zero-order chi connectivity index (χ0) is 19.5. The first-order chi connectivity index (χ1) is 13.7. The van der Waals surface area contributed by atoms with Crippen molar-refractivity contribution < 1.29 is 9.47 Å². The summed E-state index contributed by atoms with van der Waals surface area (Å²) in [6.07, 6.45) is 5.50. The Bertz CT molecular complexity index is 1260. The van der Waals surface area contributed by atoms with Crippen molar-refractivity contribution in [2.45, 2.75) is 0 Å². The zero-order valence-electron chi connectivity index (χ0n) is 15.3. The number of ether oxygens (including phenoxy) is 2. The van der Waals surface area contributed by atoms with Crippen molar-refractivity contribution in [3.8, 4) is 11.5 Å². The summed E-state index contributed by atoms with van der Waals surface area (Å²) in [7, 11) is 3.25. The molecule has 140 valence electrons. The van der Waals surface area contributed by atoms with Gasteiger partial charge in [0, 0.05) is 0 Å². The highest BCUT2D eigenvalue weighted by atomic mass is 32.1. The topological polar surface area (TPSA) is 65.7 Å². The summed E-state index contributed by atoms with van der Waals surface area (Å²) < 4.78 is 12.3. The van der Waals surface area contributed by atoms with Crippen molar-refractivity contribution in [3.05, 3.63) is 80.4 Å². The van der Waals surface area contributed by atoms with Gasteiger partial charge in [-0.1, -0.05) is 41.7 Å². The fraction of sp³-hybridized carbons (Fsp3) is 0.0952. The number of nitrogens with zero attached hydrogens (tertiary/aromatic N) is 3. The van der Waals surface area contributed by atoms with Crippen LogP contribution < -0.4 is 19.6 Å². The number of methoxy groups -OCH3 is 2. The van der Waals surface area contributed by atoms with Crippen LogP contribution in [0.15, 0.2) is 53.3 Å². The third-order valence-corrected chi connectivity index (χ3v) is 5.09. The minimum absolute atomic E-state index is 0.181. The van der Waals surface area contributed by atoms with Crippen LogP contribution in [0.2, 0.25) is 0 Å². The minimum Gasteiger partial charge on any atom is -0.497 e. The van der Waals surface area contributed by atoms with Gasteiger partial charge in [-0.25, -0.2) is 0 Å². The summed E-state index contributed by atoms with van der Waals surface area (Å²) in [4.78, 5) is 17.6. The van der Waals surface area contributed by atoms with E-state index in [1.807, 2.05) is 60.7 Å². The Kier molecular flexibility index (Phi) is 4.90. The van der Waals surface area contributed by atoms with Gasteiger partial charge >= 0.3 is 0 Å². The van der Waals surface area contributed by atoms with Crippen LogP contribution in [-0.4, -0.2) is 28.8 Å². The quantitative estimate of drug-likeness (QED) is 0.523. The Morgan fingerprint density at radius 2 is 1.75 bits per heavy atom. The Hall–Kier alpha value is -3.45. The third-order valence-electron chi connectivity index (χ3n) is 4.13. The summed E-state index contributed by atoms with van der Waals surface area (Å²) in [5, 5.41) is 4.30. The van der Waals surface area contributed by atoms with Crippen LogP contribution in [0.4, 0.5) is 0 Å². The van der Waals surface area contributed by atoms with Gasteiger partial charge in [0.1, 0.15) is 11.5 Å². The summed E-state index contributed by atoms with van der Waals surface area (Å²) in [6, 6.07) is 15.2. The molecule has 4 aromatic rings. The largest absolute Gasteiger partial charge is 0.497 e. The van der Waals surface area contributed by atoms with E-state index in [1.165, 1.54) is 15.9 Å². The molecule has 2 heterocycles. The van der Waals surface area contributed by atoms with E-state index in [-0.39, 0.29) is 5.56 Å². The maximum atomic E-state index is 12.6. The predicted octanol–water partition coefficient (Wildman–Crippen LogP) is 2.89. The molecule has 0 spiro atoms. The lowest BCUT2D eigenvalue weighted by Crippen LogP contribution is -2.23. The lowest BCUT2D eigenvalue weighted by atomic mass is 10.2. The Morgan fingerprint density at radius 3 is 2.46 bits per heavy atom. The third kappa shape index (κ3) is 3.65. The molecule has 0 saturated heterocycles. The number of hydrogen-bond acceptors (Lipinski definition) is 6. The summed E-state index contributed by atoms with van der Waals surface area (Å²) in [5.41, 5.74) is 1.70. The molecule has 0 amide bonds. The van der Waals surface area contributed by atoms with Crippen molar-refractivity contribution in [1.29, 1.82) is 0 Å². The van der Waals surface area contributed by atoms with Crippen LogP contribution in [0.5, 0.6) is 11.5 Å². The van der Waals surface area contributed by atoms with E-state index >= 15 is 0 Å². The van der Waals surface area contributed by atoms with E-state index in [1.54, 1.807) is 20.3 Å². The molecule has 28 heavy (non-hydrogen) atoms. The molecule has 0 unspecified atom stereocenters. The van der Waals surface area contributed by atoms with Gasteiger partial charge in [0.2, 0.25) is 4.96 Å². The van der Waals surface area contributed by atoms with Crippen LogP contribution in [-0.2, 0) is 0 Å². The van der Waals surface area contributed by atoms with Crippen LogP contribution in [0.3, 0.4) is 0 Å². The molecule has 0 fully saturated rings. The molecule has 0 atom stereocenters. The number of fused-ring (bicyclic) bond motifs is 1. The van der Waals surface area contributed by atoms with E-state index in [2.05, 4.69) is 10.1 Å². The Balaban J connectivity index is 1.63. The van der Waals surface area contributed by atoms with E-state index in [4.69, 9.17) is 9.47 Å². The van der Waals surface area contributed by atoms with Crippen LogP contribution in [0.1, 0.15) is 17.0 Å². The molecule has 4 rings (SSSR count). The normalized spacial score (nSPS) is 12.1. The first-order valence-electron chi connectivity index (χ1n) is 8.54. The van der Waals surface area contributed by atoms with Gasteiger partial charge in [-0.15, -0.1) is 5.10 Å². The molecular formula is C21H17N3O3S. The van der Waals surface area contributed by atoms with E-state index in [9.17, 15) is 4.79 Å². The molecule has 0 aliphatic carbocycles. The zero-order valence-corrected chi connectivity index (χ0v) is 16.1. The maximum absolute atomic E-state index is 12.6. The van der Waals surface area contributed by atoms with Gasteiger partial charge in [-0.3, -0.25) is 4.79 Å². The second-order valence-electron chi connectivity index (χ2n) is 5.96. The monoisotopic (exact) mass is 391 g/mol. The van der Waals surface area contributed by atoms with Gasteiger partial charge in [-0.05, 0) is 47.5 Å². The van der Waals surface area contributed by atoms with Gasteiger partial charge in [-0.2, -0.15) is 9.50 Å². The standard InChI is InChI=1S/C21H17N3O3S/c1-26-16-9-6-14(7-10-16)8-11-19-22-21-24(23-19)20(25)18(28-21)13-15-4-3-5-17(12-15)27-2/h3-13H,1-2H3. The second kappa shape index (κ2) is 7.66. The molecule has 0 aliphatic heterocycles. The van der Waals surface area contributed by atoms with E-state index in [0.717, 1.165) is 22.6 Å². The molecule has 0 N–H and O–H groups in total.